The third kappa shape index (κ3) is 39.2. The topological polar surface area (TPSA) is 61.8 Å². The van der Waals surface area contributed by atoms with Crippen molar-refractivity contribution in [2.45, 2.75) is 232 Å². The molecule has 50 heavy (non-hydrogen) atoms. The molecule has 0 saturated carbocycles. The second-order valence-electron chi connectivity index (χ2n) is 14.6. The molecule has 0 fully saturated rings. The summed E-state index contributed by atoms with van der Waals surface area (Å²) in [5.74, 6) is -0.407. The number of rotatable bonds is 40. The van der Waals surface area contributed by atoms with Crippen LogP contribution in [0.3, 0.4) is 0 Å². The van der Waals surface area contributed by atoms with Gasteiger partial charge in [-0.3, -0.25) is 9.59 Å². The average molecular weight is 705 g/mol. The molecule has 0 aromatic rings. The molecule has 0 aliphatic carbocycles. The van der Waals surface area contributed by atoms with Crippen molar-refractivity contribution in [3.63, 3.8) is 0 Å². The molecule has 5 nitrogen and oxygen atoms in total. The molecule has 0 radical (unpaired) electrons. The molecular formula is C45H84O5. The van der Waals surface area contributed by atoms with Gasteiger partial charge in [0, 0.05) is 19.4 Å². The Hall–Kier alpha value is -1.62. The van der Waals surface area contributed by atoms with Crippen LogP contribution in [0.2, 0.25) is 0 Å². The van der Waals surface area contributed by atoms with Gasteiger partial charge in [0.25, 0.3) is 0 Å². The van der Waals surface area contributed by atoms with Crippen molar-refractivity contribution >= 4 is 11.9 Å². The maximum absolute atomic E-state index is 12.5. The van der Waals surface area contributed by atoms with Gasteiger partial charge in [-0.05, 0) is 44.9 Å². The van der Waals surface area contributed by atoms with E-state index >= 15 is 0 Å². The maximum Gasteiger partial charge on any atom is 0.306 e. The fourth-order valence-electron chi connectivity index (χ4n) is 6.19. The zero-order valence-electron chi connectivity index (χ0n) is 33.7. The highest BCUT2D eigenvalue weighted by Crippen LogP contribution is 2.15. The second-order valence-corrected chi connectivity index (χ2v) is 14.6. The fraction of sp³-hybridized carbons (Fsp3) is 0.867. The Morgan fingerprint density at radius 1 is 0.440 bits per heavy atom. The van der Waals surface area contributed by atoms with Crippen LogP contribution < -0.4 is 0 Å². The van der Waals surface area contributed by atoms with E-state index in [1.165, 1.54) is 141 Å². The van der Waals surface area contributed by atoms with Crippen LogP contribution in [0.25, 0.3) is 0 Å². The van der Waals surface area contributed by atoms with Crippen LogP contribution in [0, 0.1) is 0 Å². The lowest BCUT2D eigenvalue weighted by Gasteiger charge is -2.18. The van der Waals surface area contributed by atoms with E-state index in [0.717, 1.165) is 51.4 Å². The van der Waals surface area contributed by atoms with Crippen molar-refractivity contribution in [3.8, 4) is 0 Å². The minimum atomic E-state index is -0.529. The number of unbranched alkanes of at least 4 members (excludes halogenated alkanes) is 25. The fourth-order valence-corrected chi connectivity index (χ4v) is 6.19. The lowest BCUT2D eigenvalue weighted by molar-refractivity contribution is -0.163. The third-order valence-corrected chi connectivity index (χ3v) is 9.47. The normalized spacial score (nSPS) is 12.3. The Kier molecular flexibility index (Phi) is 40.4. The van der Waals surface area contributed by atoms with Gasteiger partial charge in [-0.2, -0.15) is 0 Å². The molecule has 0 aliphatic heterocycles. The molecule has 1 unspecified atom stereocenters. The second kappa shape index (κ2) is 41.8. The molecular weight excluding hydrogens is 620 g/mol. The van der Waals surface area contributed by atoms with Gasteiger partial charge in [0.05, 0.1) is 6.61 Å². The number of hydrogen-bond acceptors (Lipinski definition) is 5. The summed E-state index contributed by atoms with van der Waals surface area (Å²) in [6, 6.07) is 0. The first-order valence-corrected chi connectivity index (χ1v) is 21.9. The van der Waals surface area contributed by atoms with Crippen molar-refractivity contribution in [2.24, 2.45) is 0 Å². The number of carbonyl (C=O) groups is 2. The summed E-state index contributed by atoms with van der Waals surface area (Å²) in [5.41, 5.74) is 0. The van der Waals surface area contributed by atoms with Crippen molar-refractivity contribution < 1.29 is 23.8 Å². The van der Waals surface area contributed by atoms with Crippen molar-refractivity contribution in [1.82, 2.24) is 0 Å². The SMILES string of the molecule is CCC/C=C\C/C=C\CCCCCCCCOCC(COC(=O)CCCCCCCCCCCCCCCCC)OC(=O)CCCCCCC. The molecule has 0 heterocycles. The zero-order valence-corrected chi connectivity index (χ0v) is 33.7. The van der Waals surface area contributed by atoms with Gasteiger partial charge in [-0.25, -0.2) is 0 Å². The first-order valence-electron chi connectivity index (χ1n) is 21.9. The Morgan fingerprint density at radius 2 is 0.880 bits per heavy atom. The van der Waals surface area contributed by atoms with E-state index in [-0.39, 0.29) is 25.2 Å². The molecule has 1 atom stereocenters. The van der Waals surface area contributed by atoms with E-state index in [0.29, 0.717) is 19.4 Å². The molecule has 0 rings (SSSR count). The average Bonchev–Trinajstić information content (AvgIpc) is 3.11. The van der Waals surface area contributed by atoms with Gasteiger partial charge in [0.2, 0.25) is 0 Å². The van der Waals surface area contributed by atoms with Crippen LogP contribution in [0.5, 0.6) is 0 Å². The van der Waals surface area contributed by atoms with Crippen LogP contribution in [0.1, 0.15) is 226 Å². The summed E-state index contributed by atoms with van der Waals surface area (Å²) >= 11 is 0. The molecule has 0 bridgehead atoms. The van der Waals surface area contributed by atoms with E-state index in [1.54, 1.807) is 0 Å². The third-order valence-electron chi connectivity index (χ3n) is 9.47. The van der Waals surface area contributed by atoms with E-state index in [2.05, 4.69) is 45.1 Å². The quantitative estimate of drug-likeness (QED) is 0.0361. The number of esters is 2. The van der Waals surface area contributed by atoms with Gasteiger partial charge in [0.15, 0.2) is 6.10 Å². The van der Waals surface area contributed by atoms with Crippen molar-refractivity contribution in [3.05, 3.63) is 24.3 Å². The number of hydrogen-bond donors (Lipinski definition) is 0. The van der Waals surface area contributed by atoms with E-state index in [1.807, 2.05) is 0 Å². The van der Waals surface area contributed by atoms with Gasteiger partial charge in [-0.15, -0.1) is 0 Å². The molecule has 5 heteroatoms. The van der Waals surface area contributed by atoms with Crippen molar-refractivity contribution in [2.75, 3.05) is 19.8 Å². The standard InChI is InChI=1S/C45H84O5/c1-4-7-10-13-15-17-19-21-23-24-26-28-30-33-35-38-44(46)49-42-43(50-45(47)39-36-32-12-9-6-3)41-48-40-37-34-31-29-27-25-22-20-18-16-14-11-8-5-2/h11,14,18,20,43H,4-10,12-13,15-17,19,21-42H2,1-3H3/b14-11-,20-18-. The Bertz CT molecular complexity index is 761. The number of ether oxygens (including phenoxy) is 3. The molecule has 0 spiro atoms. The highest BCUT2D eigenvalue weighted by molar-refractivity contribution is 5.70. The Labute approximate surface area is 311 Å². The maximum atomic E-state index is 12.5. The number of carbonyl (C=O) groups excluding carboxylic acids is 2. The summed E-state index contributed by atoms with van der Waals surface area (Å²) in [5, 5.41) is 0. The van der Waals surface area contributed by atoms with Crippen LogP contribution in [-0.2, 0) is 23.8 Å². The highest BCUT2D eigenvalue weighted by atomic mass is 16.6. The van der Waals surface area contributed by atoms with E-state index < -0.39 is 6.10 Å². The Morgan fingerprint density at radius 3 is 1.40 bits per heavy atom. The number of allylic oxidation sites excluding steroid dienone is 4. The molecule has 0 aliphatic rings. The predicted molar refractivity (Wildman–Crippen MR) is 215 cm³/mol. The van der Waals surface area contributed by atoms with Gasteiger partial charge < -0.3 is 14.2 Å². The van der Waals surface area contributed by atoms with E-state index in [9.17, 15) is 9.59 Å². The Balaban J connectivity index is 4.05. The minimum Gasteiger partial charge on any atom is -0.462 e. The molecule has 0 saturated heterocycles. The minimum absolute atomic E-state index is 0.0859. The van der Waals surface area contributed by atoms with E-state index in [4.69, 9.17) is 14.2 Å². The van der Waals surface area contributed by atoms with Gasteiger partial charge >= 0.3 is 11.9 Å². The lowest BCUT2D eigenvalue weighted by Crippen LogP contribution is -2.30. The summed E-state index contributed by atoms with van der Waals surface area (Å²) in [6.07, 6.45) is 46.2. The largest absolute Gasteiger partial charge is 0.462 e. The summed E-state index contributed by atoms with van der Waals surface area (Å²) in [7, 11) is 0. The molecule has 294 valence electrons. The molecule has 0 N–H and O–H groups in total. The summed E-state index contributed by atoms with van der Waals surface area (Å²) < 4.78 is 17.2. The predicted octanol–water partition coefficient (Wildman–Crippen LogP) is 14.1. The van der Waals surface area contributed by atoms with Crippen LogP contribution in [-0.4, -0.2) is 37.9 Å². The molecule has 0 aromatic carbocycles. The first kappa shape index (κ1) is 48.4. The van der Waals surface area contributed by atoms with Crippen LogP contribution in [0.4, 0.5) is 0 Å². The zero-order chi connectivity index (χ0) is 36.4. The summed E-state index contributed by atoms with van der Waals surface area (Å²) in [6.45, 7) is 7.69. The lowest BCUT2D eigenvalue weighted by atomic mass is 10.0. The monoisotopic (exact) mass is 705 g/mol. The first-order chi connectivity index (χ1) is 24.6. The van der Waals surface area contributed by atoms with Crippen LogP contribution >= 0.6 is 0 Å². The van der Waals surface area contributed by atoms with Crippen LogP contribution in [0.15, 0.2) is 24.3 Å². The van der Waals surface area contributed by atoms with Crippen molar-refractivity contribution in [1.29, 1.82) is 0 Å². The smallest absolute Gasteiger partial charge is 0.306 e. The highest BCUT2D eigenvalue weighted by Gasteiger charge is 2.17. The summed E-state index contributed by atoms with van der Waals surface area (Å²) in [4.78, 5) is 25.0. The molecule has 0 amide bonds. The van der Waals surface area contributed by atoms with Gasteiger partial charge in [0.1, 0.15) is 6.61 Å². The van der Waals surface area contributed by atoms with Gasteiger partial charge in [-0.1, -0.05) is 193 Å². The molecule has 0 aromatic heterocycles.